The second kappa shape index (κ2) is 5.60. The van der Waals surface area contributed by atoms with E-state index in [2.05, 4.69) is 43.4 Å². The molecule has 0 aliphatic heterocycles. The Kier molecular flexibility index (Phi) is 3.57. The highest BCUT2D eigenvalue weighted by atomic mass is 32.1. The molecule has 0 saturated carbocycles. The molecule has 0 bridgehead atoms. The Morgan fingerprint density at radius 1 is 1.22 bits per heavy atom. The minimum atomic E-state index is 0.776. The summed E-state index contributed by atoms with van der Waals surface area (Å²) in [6.45, 7) is 6.43. The Bertz CT molecular complexity index is 882. The van der Waals surface area contributed by atoms with Gasteiger partial charge in [0.1, 0.15) is 16.5 Å². The van der Waals surface area contributed by atoms with Crippen LogP contribution in [0.5, 0.6) is 0 Å². The zero-order chi connectivity index (χ0) is 16.0. The molecule has 23 heavy (non-hydrogen) atoms. The van der Waals surface area contributed by atoms with Gasteiger partial charge < -0.3 is 5.32 Å². The van der Waals surface area contributed by atoms with Gasteiger partial charge in [0.2, 0.25) is 0 Å². The van der Waals surface area contributed by atoms with Gasteiger partial charge in [-0.3, -0.25) is 0 Å². The molecule has 2 heterocycles. The lowest BCUT2D eigenvalue weighted by atomic mass is 9.89. The number of hydrogen-bond acceptors (Lipinski definition) is 4. The number of aryl methyl sites for hydroxylation is 3. The van der Waals surface area contributed by atoms with Crippen LogP contribution in [0, 0.1) is 19.8 Å². The molecule has 118 valence electrons. The third-order valence-corrected chi connectivity index (χ3v) is 5.70. The summed E-state index contributed by atoms with van der Waals surface area (Å²) in [6.07, 6.45) is 3.58. The first-order valence-electron chi connectivity index (χ1n) is 8.22. The maximum absolute atomic E-state index is 4.71. The van der Waals surface area contributed by atoms with Gasteiger partial charge in [0, 0.05) is 10.6 Å². The molecule has 0 fully saturated rings. The Labute approximate surface area is 140 Å². The summed E-state index contributed by atoms with van der Waals surface area (Å²) in [5.74, 6) is 2.57. The van der Waals surface area contributed by atoms with Crippen LogP contribution in [0.3, 0.4) is 0 Å². The summed E-state index contributed by atoms with van der Waals surface area (Å²) in [4.78, 5) is 12.0. The largest absolute Gasteiger partial charge is 0.340 e. The monoisotopic (exact) mass is 323 g/mol. The van der Waals surface area contributed by atoms with E-state index in [1.807, 2.05) is 18.3 Å². The van der Waals surface area contributed by atoms with E-state index in [1.165, 1.54) is 34.2 Å². The lowest BCUT2D eigenvalue weighted by molar-refractivity contribution is 0.509. The van der Waals surface area contributed by atoms with E-state index < -0.39 is 0 Å². The van der Waals surface area contributed by atoms with Gasteiger partial charge in [-0.15, -0.1) is 11.3 Å². The quantitative estimate of drug-likeness (QED) is 0.706. The van der Waals surface area contributed by atoms with Gasteiger partial charge in [0.25, 0.3) is 0 Å². The van der Waals surface area contributed by atoms with Crippen LogP contribution in [0.15, 0.2) is 24.3 Å². The van der Waals surface area contributed by atoms with E-state index in [-0.39, 0.29) is 0 Å². The van der Waals surface area contributed by atoms with Gasteiger partial charge in [-0.1, -0.05) is 19.1 Å². The predicted molar refractivity (Wildman–Crippen MR) is 97.8 cm³/mol. The van der Waals surface area contributed by atoms with Crippen molar-refractivity contribution in [2.45, 2.75) is 40.0 Å². The molecule has 0 radical (unpaired) electrons. The number of nitrogens with one attached hydrogen (secondary N) is 1. The first kappa shape index (κ1) is 14.6. The maximum Gasteiger partial charge on any atom is 0.143 e. The van der Waals surface area contributed by atoms with E-state index >= 15 is 0 Å². The standard InChI is InChI=1S/C19H21N3S/c1-11-5-4-6-14(9-11)22-18-17-15-8-7-12(2)10-16(15)23-19(17)21-13(3)20-18/h4-6,9,12H,7-8,10H2,1-3H3,(H,20,21,22). The molecule has 1 aliphatic rings. The van der Waals surface area contributed by atoms with Crippen molar-refractivity contribution >= 4 is 33.1 Å². The number of benzene rings is 1. The molecule has 4 heteroatoms. The molecule has 1 N–H and O–H groups in total. The van der Waals surface area contributed by atoms with Crippen LogP contribution in [0.2, 0.25) is 0 Å². The van der Waals surface area contributed by atoms with Crippen molar-refractivity contribution in [1.82, 2.24) is 9.97 Å². The fourth-order valence-electron chi connectivity index (χ4n) is 3.40. The van der Waals surface area contributed by atoms with Gasteiger partial charge in [0.05, 0.1) is 5.39 Å². The van der Waals surface area contributed by atoms with Crippen molar-refractivity contribution in [2.75, 3.05) is 5.32 Å². The third kappa shape index (κ3) is 2.72. The average molecular weight is 323 g/mol. The number of nitrogens with zero attached hydrogens (tertiary/aromatic N) is 2. The van der Waals surface area contributed by atoms with Gasteiger partial charge in [0.15, 0.2) is 0 Å². The van der Waals surface area contributed by atoms with Crippen LogP contribution in [0.25, 0.3) is 10.2 Å². The minimum Gasteiger partial charge on any atom is -0.340 e. The van der Waals surface area contributed by atoms with Crippen LogP contribution in [-0.4, -0.2) is 9.97 Å². The highest BCUT2D eigenvalue weighted by Gasteiger charge is 2.23. The fourth-order valence-corrected chi connectivity index (χ4v) is 4.83. The summed E-state index contributed by atoms with van der Waals surface area (Å²) < 4.78 is 0. The zero-order valence-electron chi connectivity index (χ0n) is 13.8. The molecular formula is C19H21N3S. The molecule has 1 aromatic carbocycles. The first-order valence-corrected chi connectivity index (χ1v) is 9.04. The number of anilines is 2. The highest BCUT2D eigenvalue weighted by Crippen LogP contribution is 2.40. The molecule has 3 nitrogen and oxygen atoms in total. The Hall–Kier alpha value is -1.94. The highest BCUT2D eigenvalue weighted by molar-refractivity contribution is 7.19. The third-order valence-electron chi connectivity index (χ3n) is 4.55. The number of aromatic nitrogens is 2. The van der Waals surface area contributed by atoms with Crippen LogP contribution < -0.4 is 5.32 Å². The van der Waals surface area contributed by atoms with E-state index in [0.29, 0.717) is 0 Å². The topological polar surface area (TPSA) is 37.8 Å². The number of fused-ring (bicyclic) bond motifs is 3. The molecule has 0 amide bonds. The SMILES string of the molecule is Cc1cccc(Nc2nc(C)nc3sc4c(c23)CCC(C)C4)c1. The van der Waals surface area contributed by atoms with E-state index in [1.54, 1.807) is 0 Å². The Morgan fingerprint density at radius 3 is 2.91 bits per heavy atom. The molecule has 1 aliphatic carbocycles. The van der Waals surface area contributed by atoms with Gasteiger partial charge in [-0.05, 0) is 62.3 Å². The minimum absolute atomic E-state index is 0.776. The molecule has 0 saturated heterocycles. The lowest BCUT2D eigenvalue weighted by Gasteiger charge is -2.18. The molecule has 0 spiro atoms. The molecular weight excluding hydrogens is 302 g/mol. The summed E-state index contributed by atoms with van der Waals surface area (Å²) in [6, 6.07) is 8.44. The van der Waals surface area contributed by atoms with E-state index in [4.69, 9.17) is 9.97 Å². The van der Waals surface area contributed by atoms with E-state index in [9.17, 15) is 0 Å². The van der Waals surface area contributed by atoms with Crippen molar-refractivity contribution in [3.8, 4) is 0 Å². The predicted octanol–water partition coefficient (Wildman–Crippen LogP) is 5.18. The van der Waals surface area contributed by atoms with Crippen molar-refractivity contribution in [3.63, 3.8) is 0 Å². The number of hydrogen-bond donors (Lipinski definition) is 1. The van der Waals surface area contributed by atoms with Crippen molar-refractivity contribution in [1.29, 1.82) is 0 Å². The van der Waals surface area contributed by atoms with Crippen LogP contribution >= 0.6 is 11.3 Å². The smallest absolute Gasteiger partial charge is 0.143 e. The van der Waals surface area contributed by atoms with Crippen molar-refractivity contribution < 1.29 is 0 Å². The Balaban J connectivity index is 1.85. The Morgan fingerprint density at radius 2 is 2.09 bits per heavy atom. The lowest BCUT2D eigenvalue weighted by Crippen LogP contribution is -2.09. The summed E-state index contributed by atoms with van der Waals surface area (Å²) in [5.41, 5.74) is 3.81. The molecule has 4 rings (SSSR count). The summed E-state index contributed by atoms with van der Waals surface area (Å²) in [7, 11) is 0. The zero-order valence-corrected chi connectivity index (χ0v) is 14.6. The summed E-state index contributed by atoms with van der Waals surface area (Å²) >= 11 is 1.85. The van der Waals surface area contributed by atoms with Gasteiger partial charge in [-0.25, -0.2) is 9.97 Å². The second-order valence-corrected chi connectivity index (χ2v) is 7.73. The molecule has 2 aromatic heterocycles. The maximum atomic E-state index is 4.71. The molecule has 1 atom stereocenters. The van der Waals surface area contributed by atoms with Crippen molar-refractivity contribution in [2.24, 2.45) is 5.92 Å². The van der Waals surface area contributed by atoms with E-state index in [0.717, 1.165) is 34.5 Å². The average Bonchev–Trinajstić information content (AvgIpc) is 2.84. The normalized spacial score (nSPS) is 17.3. The fraction of sp³-hybridized carbons (Fsp3) is 0.368. The second-order valence-electron chi connectivity index (χ2n) is 6.65. The first-order chi connectivity index (χ1) is 11.1. The number of rotatable bonds is 2. The van der Waals surface area contributed by atoms with Crippen LogP contribution in [0.4, 0.5) is 11.5 Å². The van der Waals surface area contributed by atoms with Crippen LogP contribution in [0.1, 0.15) is 35.2 Å². The van der Waals surface area contributed by atoms with Gasteiger partial charge in [-0.2, -0.15) is 0 Å². The number of thiophene rings is 1. The van der Waals surface area contributed by atoms with Gasteiger partial charge >= 0.3 is 0 Å². The van der Waals surface area contributed by atoms with Crippen molar-refractivity contribution in [3.05, 3.63) is 46.1 Å². The summed E-state index contributed by atoms with van der Waals surface area (Å²) in [5, 5.41) is 4.77. The molecule has 3 aromatic rings. The van der Waals surface area contributed by atoms with Crippen LogP contribution in [-0.2, 0) is 12.8 Å². The molecule has 1 unspecified atom stereocenters.